The fourth-order valence-electron chi connectivity index (χ4n) is 8.80. The van der Waals surface area contributed by atoms with Crippen molar-refractivity contribution in [2.45, 2.75) is 114 Å². The van der Waals surface area contributed by atoms with E-state index < -0.39 is 121 Å². The number of carbonyl (C=O) groups is 11. The van der Waals surface area contributed by atoms with Crippen molar-refractivity contribution in [2.24, 2.45) is 23.1 Å². The van der Waals surface area contributed by atoms with Gasteiger partial charge in [-0.05, 0) is 42.7 Å². The maximum atomic E-state index is 14.8. The molecule has 4 aliphatic rings. The Kier molecular flexibility index (Phi) is 21.3. The molecule has 2 aromatic carbocycles. The van der Waals surface area contributed by atoms with Crippen LogP contribution in [-0.2, 0) is 65.6 Å². The van der Waals surface area contributed by atoms with Crippen LogP contribution in [0.2, 0.25) is 0 Å². The van der Waals surface area contributed by atoms with Crippen LogP contribution in [-0.4, -0.2) is 160 Å². The largest absolute Gasteiger partial charge is 0.370 e. The second kappa shape index (κ2) is 27.2. The Morgan fingerprint density at radius 2 is 1.33 bits per heavy atom. The number of piperazine rings is 1. The quantitative estimate of drug-likeness (QED) is 0.0654. The number of amides is 11. The number of nitrogens with one attached hydrogen (secondary N) is 5. The van der Waals surface area contributed by atoms with E-state index in [1.54, 1.807) is 30.3 Å². The lowest BCUT2D eigenvalue weighted by Gasteiger charge is -2.44. The van der Waals surface area contributed by atoms with Gasteiger partial charge in [-0.2, -0.15) is 0 Å². The van der Waals surface area contributed by atoms with E-state index in [-0.39, 0.29) is 81.5 Å². The number of nitrogens with zero attached hydrogens (tertiary/aromatic N) is 3. The topological polar surface area (TPSA) is 336 Å². The Morgan fingerprint density at radius 3 is 1.94 bits per heavy atom. The van der Waals surface area contributed by atoms with Gasteiger partial charge in [0.05, 0.1) is 13.0 Å². The van der Waals surface area contributed by atoms with Gasteiger partial charge >= 0.3 is 0 Å². The summed E-state index contributed by atoms with van der Waals surface area (Å²) in [5.74, 6) is -8.27. The SMILES string of the molecule is CC(C)C[C@H](NC(=O)[C@@H]1CCCN1C(=O)[C@H]1CSSCCC(=O)N2CCN(C(=O)[C@H]2Cc2ccccc2)[C@H](Cc2ccccc2)C(=O)N[C@H](CCC(N)=O)C(=O)N[C@H](CC(N)=O)C(=O)N1)C(=O)NCC(N)=O. The molecule has 11 amide bonds. The maximum absolute atomic E-state index is 14.8. The van der Waals surface area contributed by atoms with Gasteiger partial charge < -0.3 is 58.5 Å². The highest BCUT2D eigenvalue weighted by Gasteiger charge is 2.44. The van der Waals surface area contributed by atoms with Crippen molar-refractivity contribution in [3.63, 3.8) is 0 Å². The predicted octanol–water partition coefficient (Wildman–Crippen LogP) is -1.62. The number of carbonyl (C=O) groups excluding carboxylic acids is 11. The molecule has 6 rings (SSSR count). The van der Waals surface area contributed by atoms with Crippen molar-refractivity contribution in [3.8, 4) is 0 Å². The summed E-state index contributed by atoms with van der Waals surface area (Å²) in [6.07, 6.45) is -0.648. The van der Waals surface area contributed by atoms with Crippen LogP contribution in [0, 0.1) is 5.92 Å². The smallest absolute Gasteiger partial charge is 0.246 e. The van der Waals surface area contributed by atoms with Gasteiger partial charge in [-0.15, -0.1) is 0 Å². The number of hydrogen-bond donors (Lipinski definition) is 8. The van der Waals surface area contributed by atoms with E-state index in [9.17, 15) is 52.7 Å². The van der Waals surface area contributed by atoms with Crippen LogP contribution in [0.25, 0.3) is 0 Å². The van der Waals surface area contributed by atoms with Gasteiger partial charge in [-0.25, -0.2) is 0 Å². The lowest BCUT2D eigenvalue weighted by molar-refractivity contribution is -0.156. The third-order valence-electron chi connectivity index (χ3n) is 12.4. The summed E-state index contributed by atoms with van der Waals surface area (Å²) in [4.78, 5) is 154. The zero-order valence-corrected chi connectivity index (χ0v) is 42.0. The minimum absolute atomic E-state index is 0.00505. The average Bonchev–Trinajstić information content (AvgIpc) is 3.84. The summed E-state index contributed by atoms with van der Waals surface area (Å²) in [6, 6.07) is 8.88. The predicted molar refractivity (Wildman–Crippen MR) is 267 cm³/mol. The molecule has 0 saturated carbocycles. The van der Waals surface area contributed by atoms with Gasteiger partial charge in [-0.3, -0.25) is 52.7 Å². The average molecular weight is 1040 g/mol. The molecule has 4 saturated heterocycles. The maximum Gasteiger partial charge on any atom is 0.246 e. The third kappa shape index (κ3) is 16.4. The number of nitrogens with two attached hydrogens (primary N) is 3. The number of primary amides is 3. The van der Waals surface area contributed by atoms with Crippen LogP contribution in [0.3, 0.4) is 0 Å². The molecule has 24 heteroatoms. The van der Waals surface area contributed by atoms with Crippen molar-refractivity contribution in [3.05, 3.63) is 71.8 Å². The van der Waals surface area contributed by atoms with Crippen LogP contribution < -0.4 is 43.8 Å². The fraction of sp³-hybridized carbons (Fsp3) is 0.521. The number of benzene rings is 2. The van der Waals surface area contributed by atoms with Crippen LogP contribution in [0.1, 0.15) is 69.9 Å². The first-order chi connectivity index (χ1) is 34.3. The first-order valence-electron chi connectivity index (χ1n) is 23.9. The lowest BCUT2D eigenvalue weighted by atomic mass is 9.96. The Bertz CT molecular complexity index is 2310. The zero-order valence-electron chi connectivity index (χ0n) is 40.4. The molecule has 0 spiro atoms. The molecule has 2 aromatic rings. The van der Waals surface area contributed by atoms with Crippen LogP contribution in [0.15, 0.2) is 60.7 Å². The first kappa shape index (κ1) is 56.2. The molecule has 4 fully saturated rings. The summed E-state index contributed by atoms with van der Waals surface area (Å²) in [6.45, 7) is 3.33. The molecule has 22 nitrogen and oxygen atoms in total. The van der Waals surface area contributed by atoms with E-state index >= 15 is 0 Å². The van der Waals surface area contributed by atoms with Gasteiger partial charge in [0.1, 0.15) is 42.3 Å². The van der Waals surface area contributed by atoms with Crippen molar-refractivity contribution in [2.75, 3.05) is 37.7 Å². The summed E-state index contributed by atoms with van der Waals surface area (Å²) >= 11 is 0. The fourth-order valence-corrected chi connectivity index (χ4v) is 10.9. The molecule has 390 valence electrons. The normalized spacial score (nSPS) is 23.1. The first-order valence-corrected chi connectivity index (χ1v) is 26.4. The minimum atomic E-state index is -1.72. The molecule has 0 unspecified atom stereocenters. The monoisotopic (exact) mass is 1040 g/mol. The van der Waals surface area contributed by atoms with Crippen molar-refractivity contribution in [1.29, 1.82) is 0 Å². The van der Waals surface area contributed by atoms with Crippen LogP contribution >= 0.6 is 21.6 Å². The molecule has 11 N–H and O–H groups in total. The molecular weight excluding hydrogens is 971 g/mol. The van der Waals surface area contributed by atoms with E-state index in [0.717, 1.165) is 16.4 Å². The van der Waals surface area contributed by atoms with Crippen molar-refractivity contribution in [1.82, 2.24) is 41.3 Å². The van der Waals surface area contributed by atoms with E-state index in [2.05, 4.69) is 26.6 Å². The summed E-state index contributed by atoms with van der Waals surface area (Å²) in [7, 11) is 2.35. The molecule has 0 aliphatic carbocycles. The second-order valence-electron chi connectivity index (χ2n) is 18.3. The number of hydrogen-bond acceptors (Lipinski definition) is 13. The van der Waals surface area contributed by atoms with E-state index in [1.807, 2.05) is 44.2 Å². The van der Waals surface area contributed by atoms with Gasteiger partial charge in [0.2, 0.25) is 65.0 Å². The second-order valence-corrected chi connectivity index (χ2v) is 20.9. The molecular formula is C48H65N11O11S2. The van der Waals surface area contributed by atoms with Crippen LogP contribution in [0.4, 0.5) is 0 Å². The summed E-state index contributed by atoms with van der Waals surface area (Å²) < 4.78 is 0. The highest BCUT2D eigenvalue weighted by molar-refractivity contribution is 8.76. The van der Waals surface area contributed by atoms with E-state index in [4.69, 9.17) is 17.2 Å². The van der Waals surface area contributed by atoms with Crippen molar-refractivity contribution >= 4 is 86.6 Å². The van der Waals surface area contributed by atoms with Gasteiger partial charge in [0.15, 0.2) is 0 Å². The standard InChI is InChI=1S/C48H65N11O11S2/c1-28(2)22-32(42(64)52-26-40(51)62)55-45(67)35-14-9-18-58(35)47(69)34-27-72-71-21-17-41(63)57-19-20-59(48(70)37(57)24-30-12-7-4-8-13-30)36(23-29-10-5-3-6-11-29)46(68)53-31(15-16-38(49)60)43(65)54-33(25-39(50)61)44(66)56-34/h3-8,10-13,28,31-37H,9,14-27H2,1-2H3,(H2,49,60)(H2,50,61)(H2,51,62)(H,52,64)(H,53,68)(H,54,65)(H,55,67)(H,56,66)/t31-,32+,33-,34-,35+,36-,37-/m1/s1. The molecule has 4 aliphatic heterocycles. The molecule has 0 aromatic heterocycles. The molecule has 2 bridgehead atoms. The molecule has 0 radical (unpaired) electrons. The van der Waals surface area contributed by atoms with E-state index in [1.165, 1.54) is 25.5 Å². The highest BCUT2D eigenvalue weighted by Crippen LogP contribution is 2.28. The summed E-state index contributed by atoms with van der Waals surface area (Å²) in [5.41, 5.74) is 17.7. The number of fused-ring (bicyclic) bond motifs is 17. The molecule has 7 atom stereocenters. The van der Waals surface area contributed by atoms with Gasteiger partial charge in [0.25, 0.3) is 0 Å². The Labute approximate surface area is 425 Å². The lowest BCUT2D eigenvalue weighted by Crippen LogP contribution is -2.65. The van der Waals surface area contributed by atoms with Crippen molar-refractivity contribution < 1.29 is 52.7 Å². The minimum Gasteiger partial charge on any atom is -0.370 e. The Morgan fingerprint density at radius 1 is 0.722 bits per heavy atom. The third-order valence-corrected chi connectivity index (χ3v) is 14.8. The number of likely N-dealkylation sites (tertiary alicyclic amines) is 1. The number of rotatable bonds is 17. The highest BCUT2D eigenvalue weighted by atomic mass is 33.1. The van der Waals surface area contributed by atoms with Crippen LogP contribution in [0.5, 0.6) is 0 Å². The molecule has 4 heterocycles. The van der Waals surface area contributed by atoms with E-state index in [0.29, 0.717) is 12.0 Å². The van der Waals surface area contributed by atoms with Gasteiger partial charge in [-0.1, -0.05) is 96.1 Å². The van der Waals surface area contributed by atoms with Gasteiger partial charge in [0, 0.05) is 56.8 Å². The zero-order chi connectivity index (χ0) is 52.5. The Hall–Kier alpha value is -6.69. The Balaban J connectivity index is 1.49. The summed E-state index contributed by atoms with van der Waals surface area (Å²) in [5, 5.41) is 12.9. The molecule has 72 heavy (non-hydrogen) atoms.